The summed E-state index contributed by atoms with van der Waals surface area (Å²) in [5.41, 5.74) is 1.24. The molecule has 0 spiro atoms. The third kappa shape index (κ3) is 3.33. The van der Waals surface area contributed by atoms with Crippen LogP contribution in [-0.4, -0.2) is 49.2 Å². The molecule has 1 aliphatic rings. The zero-order chi connectivity index (χ0) is 19.7. The normalized spacial score (nSPS) is 16.4. The fourth-order valence-electron chi connectivity index (χ4n) is 3.53. The lowest BCUT2D eigenvalue weighted by molar-refractivity contribution is 0.0936. The van der Waals surface area contributed by atoms with E-state index < -0.39 is 0 Å². The first-order valence-corrected chi connectivity index (χ1v) is 9.00. The van der Waals surface area contributed by atoms with Gasteiger partial charge in [0.2, 0.25) is 0 Å². The molecule has 2 aromatic heterocycles. The van der Waals surface area contributed by atoms with Crippen LogP contribution in [-0.2, 0) is 0 Å². The number of hydrogen-bond acceptors (Lipinski definition) is 5. The first-order valence-electron chi connectivity index (χ1n) is 9.00. The summed E-state index contributed by atoms with van der Waals surface area (Å²) in [6.45, 7) is 1.15. The Morgan fingerprint density at radius 1 is 1.29 bits per heavy atom. The van der Waals surface area contributed by atoms with E-state index in [1.54, 1.807) is 38.6 Å². The molecule has 7 nitrogen and oxygen atoms in total. The molecule has 146 valence electrons. The lowest BCUT2D eigenvalue weighted by Crippen LogP contribution is -2.37. The summed E-state index contributed by atoms with van der Waals surface area (Å²) in [6.07, 6.45) is 2.29. The molecular weight excluding hydrogens is 363 g/mol. The van der Waals surface area contributed by atoms with Crippen LogP contribution in [0.2, 0.25) is 0 Å². The van der Waals surface area contributed by atoms with Crippen molar-refractivity contribution in [3.8, 4) is 11.5 Å². The van der Waals surface area contributed by atoms with Crippen molar-refractivity contribution in [3.05, 3.63) is 48.0 Å². The van der Waals surface area contributed by atoms with E-state index >= 15 is 0 Å². The molecule has 0 saturated carbocycles. The number of H-pyrrole nitrogens is 1. The number of methoxy groups -OCH3 is 2. The van der Waals surface area contributed by atoms with Crippen LogP contribution in [0.5, 0.6) is 11.5 Å². The molecule has 1 unspecified atom stereocenters. The lowest BCUT2D eigenvalue weighted by Gasteiger charge is -2.18. The number of carbonyl (C=O) groups is 1. The molecule has 0 bridgehead atoms. The average Bonchev–Trinajstić information content (AvgIpc) is 3.33. The zero-order valence-electron chi connectivity index (χ0n) is 15.7. The number of nitrogens with one attached hydrogen (secondary N) is 2. The Morgan fingerprint density at radius 3 is 2.82 bits per heavy atom. The lowest BCUT2D eigenvalue weighted by atomic mass is 10.2. The van der Waals surface area contributed by atoms with E-state index in [0.717, 1.165) is 17.3 Å². The topological polar surface area (TPSA) is 79.5 Å². The Kier molecular flexibility index (Phi) is 4.77. The third-order valence-electron chi connectivity index (χ3n) is 4.93. The van der Waals surface area contributed by atoms with Crippen LogP contribution in [0.3, 0.4) is 0 Å². The van der Waals surface area contributed by atoms with Gasteiger partial charge in [0.1, 0.15) is 5.69 Å². The molecule has 1 aliphatic heterocycles. The quantitative estimate of drug-likeness (QED) is 0.707. The molecule has 1 saturated heterocycles. The number of aromatic amines is 1. The molecule has 1 fully saturated rings. The van der Waals surface area contributed by atoms with E-state index in [-0.39, 0.29) is 17.8 Å². The summed E-state index contributed by atoms with van der Waals surface area (Å²) < 4.78 is 24.5. The number of fused-ring (bicyclic) bond motifs is 1. The summed E-state index contributed by atoms with van der Waals surface area (Å²) >= 11 is 0. The second-order valence-corrected chi connectivity index (χ2v) is 6.69. The molecule has 8 heteroatoms. The Morgan fingerprint density at radius 2 is 2.07 bits per heavy atom. The molecule has 3 aromatic rings. The maximum atomic E-state index is 13.9. The Labute approximate surface area is 161 Å². The third-order valence-corrected chi connectivity index (χ3v) is 4.93. The average molecular weight is 384 g/mol. The largest absolute Gasteiger partial charge is 0.493 e. The van der Waals surface area contributed by atoms with Crippen molar-refractivity contribution >= 4 is 22.6 Å². The van der Waals surface area contributed by atoms with Gasteiger partial charge in [-0.2, -0.15) is 0 Å². The van der Waals surface area contributed by atoms with Crippen molar-refractivity contribution in [2.75, 3.05) is 32.2 Å². The minimum Gasteiger partial charge on any atom is -0.493 e. The Hall–Kier alpha value is -3.29. The van der Waals surface area contributed by atoms with Crippen molar-refractivity contribution in [1.82, 2.24) is 15.3 Å². The molecule has 2 N–H and O–H groups in total. The first kappa shape index (κ1) is 18.1. The number of carbonyl (C=O) groups excluding carboxylic acids is 1. The number of rotatable bonds is 5. The van der Waals surface area contributed by atoms with Crippen LogP contribution in [0.25, 0.3) is 10.9 Å². The van der Waals surface area contributed by atoms with E-state index in [1.807, 2.05) is 11.0 Å². The number of halogens is 1. The van der Waals surface area contributed by atoms with Gasteiger partial charge in [0.05, 0.1) is 14.2 Å². The standard InChI is InChI=1S/C20H21FN4O3/c1-27-17-9-12-8-16(24-15(12)10-18(17)28-2)20(26)23-13-5-7-25(11-13)19-14(21)4-3-6-22-19/h3-4,6,8-10,13,24H,5,7,11H2,1-2H3,(H,23,26). The van der Waals surface area contributed by atoms with Gasteiger partial charge in [0.25, 0.3) is 5.91 Å². The molecular formula is C20H21FN4O3. The fraction of sp³-hybridized carbons (Fsp3) is 0.300. The minimum atomic E-state index is -0.354. The summed E-state index contributed by atoms with van der Waals surface area (Å²) in [7, 11) is 3.14. The van der Waals surface area contributed by atoms with Gasteiger partial charge in [0.15, 0.2) is 23.1 Å². The summed E-state index contributed by atoms with van der Waals surface area (Å²) in [5, 5.41) is 3.86. The van der Waals surface area contributed by atoms with Crippen LogP contribution < -0.4 is 19.7 Å². The van der Waals surface area contributed by atoms with Crippen LogP contribution >= 0.6 is 0 Å². The molecule has 1 amide bonds. The zero-order valence-corrected chi connectivity index (χ0v) is 15.7. The number of nitrogens with zero attached hydrogens (tertiary/aromatic N) is 2. The van der Waals surface area contributed by atoms with Crippen molar-refractivity contribution in [3.63, 3.8) is 0 Å². The molecule has 0 radical (unpaired) electrons. The van der Waals surface area contributed by atoms with Crippen LogP contribution in [0, 0.1) is 5.82 Å². The van der Waals surface area contributed by atoms with Crippen LogP contribution in [0.4, 0.5) is 10.2 Å². The van der Waals surface area contributed by atoms with Crippen molar-refractivity contribution in [2.45, 2.75) is 12.5 Å². The molecule has 28 heavy (non-hydrogen) atoms. The summed E-state index contributed by atoms with van der Waals surface area (Å²) in [5.74, 6) is 0.955. The smallest absolute Gasteiger partial charge is 0.268 e. The van der Waals surface area contributed by atoms with Gasteiger partial charge >= 0.3 is 0 Å². The summed E-state index contributed by atoms with van der Waals surface area (Å²) in [4.78, 5) is 21.7. The minimum absolute atomic E-state index is 0.0793. The van der Waals surface area contributed by atoms with Gasteiger partial charge in [-0.05, 0) is 30.7 Å². The molecule has 4 rings (SSSR count). The second-order valence-electron chi connectivity index (χ2n) is 6.69. The predicted octanol–water partition coefficient (Wildman–Crippen LogP) is 2.73. The van der Waals surface area contributed by atoms with Gasteiger partial charge in [-0.25, -0.2) is 9.37 Å². The highest BCUT2D eigenvalue weighted by Gasteiger charge is 2.27. The van der Waals surface area contributed by atoms with Gasteiger partial charge < -0.3 is 24.7 Å². The van der Waals surface area contributed by atoms with E-state index in [9.17, 15) is 9.18 Å². The van der Waals surface area contributed by atoms with Gasteiger partial charge in [0, 0.05) is 42.3 Å². The van der Waals surface area contributed by atoms with Crippen molar-refractivity contribution < 1.29 is 18.7 Å². The fourth-order valence-corrected chi connectivity index (χ4v) is 3.53. The van der Waals surface area contributed by atoms with Gasteiger partial charge in [-0.3, -0.25) is 4.79 Å². The monoisotopic (exact) mass is 384 g/mol. The molecule has 1 aromatic carbocycles. The highest BCUT2D eigenvalue weighted by Crippen LogP contribution is 2.32. The van der Waals surface area contributed by atoms with Crippen LogP contribution in [0.1, 0.15) is 16.9 Å². The maximum absolute atomic E-state index is 13.9. The maximum Gasteiger partial charge on any atom is 0.268 e. The van der Waals surface area contributed by atoms with Gasteiger partial charge in [-0.15, -0.1) is 0 Å². The number of pyridine rings is 1. The number of aromatic nitrogens is 2. The molecule has 3 heterocycles. The first-order chi connectivity index (χ1) is 13.6. The number of amides is 1. The SMILES string of the molecule is COc1cc2cc(C(=O)NC3CCN(c4ncccc4F)C3)[nH]c2cc1OC. The number of hydrogen-bond donors (Lipinski definition) is 2. The summed E-state index contributed by atoms with van der Waals surface area (Å²) in [6, 6.07) is 8.27. The van der Waals surface area contributed by atoms with Crippen LogP contribution in [0.15, 0.2) is 36.5 Å². The van der Waals surface area contributed by atoms with E-state index in [1.165, 1.54) is 6.07 Å². The highest BCUT2D eigenvalue weighted by molar-refractivity contribution is 5.99. The molecule has 1 atom stereocenters. The number of anilines is 1. The van der Waals surface area contributed by atoms with E-state index in [4.69, 9.17) is 9.47 Å². The Bertz CT molecular complexity index is 979. The number of benzene rings is 1. The van der Waals surface area contributed by atoms with Crippen molar-refractivity contribution in [2.24, 2.45) is 0 Å². The second kappa shape index (κ2) is 7.38. The van der Waals surface area contributed by atoms with E-state index in [2.05, 4.69) is 15.3 Å². The molecule has 0 aliphatic carbocycles. The number of ether oxygens (including phenoxy) is 2. The highest BCUT2D eigenvalue weighted by atomic mass is 19.1. The predicted molar refractivity (Wildman–Crippen MR) is 104 cm³/mol. The Balaban J connectivity index is 1.47. The van der Waals surface area contributed by atoms with Gasteiger partial charge in [-0.1, -0.05) is 0 Å². The van der Waals surface area contributed by atoms with E-state index in [0.29, 0.717) is 36.1 Å². The van der Waals surface area contributed by atoms with Crippen molar-refractivity contribution in [1.29, 1.82) is 0 Å².